The molecule has 0 aliphatic rings. The lowest BCUT2D eigenvalue weighted by Crippen LogP contribution is -2.07. The molecule has 1 aromatic carbocycles. The second-order valence-electron chi connectivity index (χ2n) is 4.81. The first-order chi connectivity index (χ1) is 9.47. The van der Waals surface area contributed by atoms with Crippen molar-refractivity contribution >= 4 is 11.7 Å². The quantitative estimate of drug-likeness (QED) is 0.896. The SMILES string of the molecule is CN(C)c1ccc(-c2nc(CCC(=O)O)n(C)n2)cc1. The number of anilines is 1. The number of rotatable bonds is 5. The number of aliphatic carboxylic acids is 1. The van der Waals surface area contributed by atoms with E-state index in [-0.39, 0.29) is 6.42 Å². The fourth-order valence-electron chi connectivity index (χ4n) is 1.88. The molecule has 0 amide bonds. The van der Waals surface area contributed by atoms with E-state index in [1.54, 1.807) is 11.7 Å². The van der Waals surface area contributed by atoms with Crippen LogP contribution in [-0.2, 0) is 18.3 Å². The van der Waals surface area contributed by atoms with Crippen molar-refractivity contribution in [3.63, 3.8) is 0 Å². The van der Waals surface area contributed by atoms with Crippen molar-refractivity contribution in [2.24, 2.45) is 7.05 Å². The Bertz CT molecular complexity index is 602. The Morgan fingerprint density at radius 3 is 2.50 bits per heavy atom. The molecule has 0 radical (unpaired) electrons. The van der Waals surface area contributed by atoms with E-state index in [2.05, 4.69) is 10.1 Å². The predicted molar refractivity (Wildman–Crippen MR) is 76.7 cm³/mol. The Kier molecular flexibility index (Phi) is 4.02. The highest BCUT2D eigenvalue weighted by atomic mass is 16.4. The third kappa shape index (κ3) is 3.14. The molecule has 1 N–H and O–H groups in total. The summed E-state index contributed by atoms with van der Waals surface area (Å²) in [4.78, 5) is 17.0. The van der Waals surface area contributed by atoms with Gasteiger partial charge in [0.15, 0.2) is 5.82 Å². The van der Waals surface area contributed by atoms with Crippen LogP contribution in [0.2, 0.25) is 0 Å². The number of aryl methyl sites for hydroxylation is 2. The van der Waals surface area contributed by atoms with Crippen LogP contribution in [0.3, 0.4) is 0 Å². The molecule has 20 heavy (non-hydrogen) atoms. The maximum absolute atomic E-state index is 10.6. The van der Waals surface area contributed by atoms with Crippen molar-refractivity contribution in [1.82, 2.24) is 14.8 Å². The molecule has 6 nitrogen and oxygen atoms in total. The van der Waals surface area contributed by atoms with Gasteiger partial charge in [-0.1, -0.05) is 0 Å². The molecule has 0 spiro atoms. The minimum absolute atomic E-state index is 0.0611. The minimum Gasteiger partial charge on any atom is -0.481 e. The van der Waals surface area contributed by atoms with Gasteiger partial charge in [0.05, 0.1) is 6.42 Å². The van der Waals surface area contributed by atoms with E-state index in [9.17, 15) is 4.79 Å². The van der Waals surface area contributed by atoms with Crippen molar-refractivity contribution in [3.8, 4) is 11.4 Å². The number of hydrogen-bond donors (Lipinski definition) is 1. The summed E-state index contributed by atoms with van der Waals surface area (Å²) < 4.78 is 1.64. The highest BCUT2D eigenvalue weighted by Gasteiger charge is 2.10. The minimum atomic E-state index is -0.829. The number of benzene rings is 1. The molecule has 1 aromatic heterocycles. The fraction of sp³-hybridized carbons (Fsp3) is 0.357. The third-order valence-electron chi connectivity index (χ3n) is 3.06. The van der Waals surface area contributed by atoms with Gasteiger partial charge in [-0.3, -0.25) is 9.48 Å². The zero-order valence-electron chi connectivity index (χ0n) is 11.9. The van der Waals surface area contributed by atoms with Crippen LogP contribution in [0.15, 0.2) is 24.3 Å². The lowest BCUT2D eigenvalue weighted by Gasteiger charge is -2.11. The van der Waals surface area contributed by atoms with E-state index in [0.29, 0.717) is 18.1 Å². The second kappa shape index (κ2) is 5.73. The highest BCUT2D eigenvalue weighted by Crippen LogP contribution is 2.20. The Balaban J connectivity index is 2.20. The maximum Gasteiger partial charge on any atom is 0.303 e. The van der Waals surface area contributed by atoms with Crippen LogP contribution in [0.5, 0.6) is 0 Å². The van der Waals surface area contributed by atoms with E-state index in [1.807, 2.05) is 43.3 Å². The summed E-state index contributed by atoms with van der Waals surface area (Å²) in [7, 11) is 5.75. The van der Waals surface area contributed by atoms with Crippen LogP contribution in [0, 0.1) is 0 Å². The summed E-state index contributed by atoms with van der Waals surface area (Å²) in [5.74, 6) is 0.474. The van der Waals surface area contributed by atoms with Crippen LogP contribution in [0.1, 0.15) is 12.2 Å². The molecule has 0 saturated carbocycles. The topological polar surface area (TPSA) is 71.2 Å². The summed E-state index contributed by atoms with van der Waals surface area (Å²) in [6, 6.07) is 7.93. The van der Waals surface area contributed by atoms with Crippen molar-refractivity contribution in [3.05, 3.63) is 30.1 Å². The van der Waals surface area contributed by atoms with Gasteiger partial charge in [-0.05, 0) is 24.3 Å². The average Bonchev–Trinajstić information content (AvgIpc) is 2.78. The Morgan fingerprint density at radius 1 is 1.30 bits per heavy atom. The van der Waals surface area contributed by atoms with Crippen LogP contribution in [0.4, 0.5) is 5.69 Å². The number of carboxylic acid groups (broad SMARTS) is 1. The highest BCUT2D eigenvalue weighted by molar-refractivity contribution is 5.67. The number of hydrogen-bond acceptors (Lipinski definition) is 4. The summed E-state index contributed by atoms with van der Waals surface area (Å²) >= 11 is 0. The Labute approximate surface area is 117 Å². The summed E-state index contributed by atoms with van der Waals surface area (Å²) in [6.07, 6.45) is 0.445. The standard InChI is InChI=1S/C14H18N4O2/c1-17(2)11-6-4-10(5-7-11)14-15-12(18(3)16-14)8-9-13(19)20/h4-7H,8-9H2,1-3H3,(H,19,20). The smallest absolute Gasteiger partial charge is 0.303 e. The molecule has 2 rings (SSSR count). The van der Waals surface area contributed by atoms with E-state index in [0.717, 1.165) is 11.3 Å². The van der Waals surface area contributed by atoms with E-state index >= 15 is 0 Å². The zero-order chi connectivity index (χ0) is 14.7. The van der Waals surface area contributed by atoms with Gasteiger partial charge in [0.25, 0.3) is 0 Å². The van der Waals surface area contributed by atoms with Gasteiger partial charge in [0, 0.05) is 38.8 Å². The predicted octanol–water partition coefficient (Wildman–Crippen LogP) is 1.57. The molecule has 6 heteroatoms. The van der Waals surface area contributed by atoms with Crippen LogP contribution >= 0.6 is 0 Å². The molecule has 0 bridgehead atoms. The second-order valence-corrected chi connectivity index (χ2v) is 4.81. The lowest BCUT2D eigenvalue weighted by molar-refractivity contribution is -0.137. The van der Waals surface area contributed by atoms with Crippen LogP contribution < -0.4 is 4.90 Å². The molecule has 1 heterocycles. The molecule has 2 aromatic rings. The molecule has 0 aliphatic heterocycles. The normalized spacial score (nSPS) is 10.6. The van der Waals surface area contributed by atoms with Gasteiger partial charge >= 0.3 is 5.97 Å². The van der Waals surface area contributed by atoms with Crippen LogP contribution in [0.25, 0.3) is 11.4 Å². The fourth-order valence-corrected chi connectivity index (χ4v) is 1.88. The van der Waals surface area contributed by atoms with E-state index in [1.165, 1.54) is 0 Å². The number of aromatic nitrogens is 3. The third-order valence-corrected chi connectivity index (χ3v) is 3.06. The van der Waals surface area contributed by atoms with Crippen molar-refractivity contribution in [1.29, 1.82) is 0 Å². The van der Waals surface area contributed by atoms with E-state index in [4.69, 9.17) is 5.11 Å². The Hall–Kier alpha value is -2.37. The summed E-state index contributed by atoms with van der Waals surface area (Å²) in [5.41, 5.74) is 2.03. The first-order valence-electron chi connectivity index (χ1n) is 6.37. The molecule has 0 unspecified atom stereocenters. The molecular weight excluding hydrogens is 256 g/mol. The number of carbonyl (C=O) groups is 1. The van der Waals surface area contributed by atoms with Crippen LogP contribution in [-0.4, -0.2) is 39.9 Å². The van der Waals surface area contributed by atoms with Crippen molar-refractivity contribution in [2.45, 2.75) is 12.8 Å². The zero-order valence-corrected chi connectivity index (χ0v) is 11.9. The molecule has 106 valence electrons. The number of carboxylic acids is 1. The van der Waals surface area contributed by atoms with Gasteiger partial charge in [-0.15, -0.1) is 0 Å². The van der Waals surface area contributed by atoms with Crippen molar-refractivity contribution in [2.75, 3.05) is 19.0 Å². The molecule has 0 atom stereocenters. The Morgan fingerprint density at radius 2 is 1.95 bits per heavy atom. The lowest BCUT2D eigenvalue weighted by atomic mass is 10.2. The van der Waals surface area contributed by atoms with Gasteiger partial charge in [-0.2, -0.15) is 5.10 Å². The van der Waals surface area contributed by atoms with Gasteiger partial charge in [0.2, 0.25) is 0 Å². The maximum atomic E-state index is 10.6. The van der Waals surface area contributed by atoms with Gasteiger partial charge < -0.3 is 10.0 Å². The van der Waals surface area contributed by atoms with Gasteiger partial charge in [0.1, 0.15) is 5.82 Å². The molecule has 0 saturated heterocycles. The average molecular weight is 274 g/mol. The molecular formula is C14H18N4O2. The van der Waals surface area contributed by atoms with Crippen molar-refractivity contribution < 1.29 is 9.90 Å². The first kappa shape index (κ1) is 14.0. The molecule has 0 aliphatic carbocycles. The first-order valence-corrected chi connectivity index (χ1v) is 6.37. The summed E-state index contributed by atoms with van der Waals surface area (Å²) in [6.45, 7) is 0. The van der Waals surface area contributed by atoms with Gasteiger partial charge in [-0.25, -0.2) is 4.98 Å². The summed E-state index contributed by atoms with van der Waals surface area (Å²) in [5, 5.41) is 13.0. The number of nitrogens with zero attached hydrogens (tertiary/aromatic N) is 4. The molecule has 0 fully saturated rings. The largest absolute Gasteiger partial charge is 0.481 e. The van der Waals surface area contributed by atoms with E-state index < -0.39 is 5.97 Å². The monoisotopic (exact) mass is 274 g/mol.